The van der Waals surface area contributed by atoms with Crippen LogP contribution in [0.3, 0.4) is 0 Å². The number of carbonyl (C=O) groups is 2. The molecule has 1 aromatic heterocycles. The first-order valence-electron chi connectivity index (χ1n) is 8.47. The average Bonchev–Trinajstić information content (AvgIpc) is 3.02. The van der Waals surface area contributed by atoms with Gasteiger partial charge in [-0.3, -0.25) is 4.79 Å². The maximum absolute atomic E-state index is 12.6. The van der Waals surface area contributed by atoms with E-state index in [4.69, 9.17) is 4.74 Å². The van der Waals surface area contributed by atoms with Crippen molar-refractivity contribution < 1.29 is 14.3 Å². The summed E-state index contributed by atoms with van der Waals surface area (Å²) in [5, 5.41) is 0.899. The Morgan fingerprint density at radius 2 is 1.88 bits per heavy atom. The predicted molar refractivity (Wildman–Crippen MR) is 103 cm³/mol. The lowest BCUT2D eigenvalue weighted by Gasteiger charge is -2.29. The molecule has 132 valence electrons. The summed E-state index contributed by atoms with van der Waals surface area (Å²) in [6, 6.07) is 15.4. The number of para-hydroxylation sites is 2. The number of amides is 1. The number of hydrogen-bond acceptors (Lipinski definition) is 3. The van der Waals surface area contributed by atoms with E-state index < -0.39 is 5.97 Å². The Kier molecular flexibility index (Phi) is 4.51. The van der Waals surface area contributed by atoms with Crippen molar-refractivity contribution in [2.75, 3.05) is 18.1 Å². The molecule has 0 saturated heterocycles. The number of carbonyl (C=O) groups excluding carboxylic acids is 2. The van der Waals surface area contributed by atoms with Crippen molar-refractivity contribution in [3.63, 3.8) is 0 Å². The fraction of sp³-hybridized carbons (Fsp3) is 0.200. The summed E-state index contributed by atoms with van der Waals surface area (Å²) >= 11 is 3.43. The van der Waals surface area contributed by atoms with Gasteiger partial charge in [0, 0.05) is 23.1 Å². The topological polar surface area (TPSA) is 62.4 Å². The molecule has 0 spiro atoms. The van der Waals surface area contributed by atoms with Crippen LogP contribution in [0.15, 0.2) is 53.0 Å². The molecule has 0 unspecified atom stereocenters. The van der Waals surface area contributed by atoms with Gasteiger partial charge in [0.1, 0.15) is 5.69 Å². The molecule has 0 radical (unpaired) electrons. The maximum atomic E-state index is 12.6. The number of ether oxygens (including phenoxy) is 1. The number of benzene rings is 2. The van der Waals surface area contributed by atoms with Crippen LogP contribution in [0.1, 0.15) is 22.5 Å². The summed E-state index contributed by atoms with van der Waals surface area (Å²) in [6.07, 6.45) is 1.87. The van der Waals surface area contributed by atoms with E-state index >= 15 is 0 Å². The maximum Gasteiger partial charge on any atom is 0.356 e. The molecular weight excluding hydrogens is 396 g/mol. The van der Waals surface area contributed by atoms with Gasteiger partial charge in [0.15, 0.2) is 6.61 Å². The van der Waals surface area contributed by atoms with Crippen molar-refractivity contribution in [2.45, 2.75) is 12.8 Å². The van der Waals surface area contributed by atoms with Crippen molar-refractivity contribution in [1.82, 2.24) is 4.98 Å². The Balaban J connectivity index is 1.48. The van der Waals surface area contributed by atoms with Crippen LogP contribution in [0.25, 0.3) is 10.9 Å². The molecule has 0 atom stereocenters. The molecule has 1 aliphatic rings. The largest absolute Gasteiger partial charge is 0.451 e. The number of esters is 1. The Labute approximate surface area is 159 Å². The van der Waals surface area contributed by atoms with Gasteiger partial charge < -0.3 is 14.6 Å². The van der Waals surface area contributed by atoms with Gasteiger partial charge in [0.2, 0.25) is 0 Å². The van der Waals surface area contributed by atoms with Crippen LogP contribution in [-0.4, -0.2) is 30.0 Å². The van der Waals surface area contributed by atoms with Crippen LogP contribution in [0, 0.1) is 0 Å². The third-order valence-electron chi connectivity index (χ3n) is 4.58. The fourth-order valence-corrected chi connectivity index (χ4v) is 3.93. The number of rotatable bonds is 3. The zero-order valence-electron chi connectivity index (χ0n) is 14.0. The molecule has 3 aromatic rings. The minimum Gasteiger partial charge on any atom is -0.451 e. The van der Waals surface area contributed by atoms with E-state index in [9.17, 15) is 9.59 Å². The molecule has 0 aliphatic carbocycles. The number of nitrogens with zero attached hydrogens (tertiary/aromatic N) is 1. The smallest absolute Gasteiger partial charge is 0.356 e. The second-order valence-electron chi connectivity index (χ2n) is 6.21. The predicted octanol–water partition coefficient (Wildman–Crippen LogP) is 4.07. The highest BCUT2D eigenvalue weighted by atomic mass is 79.9. The van der Waals surface area contributed by atoms with Crippen LogP contribution < -0.4 is 4.90 Å². The van der Waals surface area contributed by atoms with Gasteiger partial charge in [-0.1, -0.05) is 36.4 Å². The number of halogens is 1. The van der Waals surface area contributed by atoms with Crippen LogP contribution in [0.2, 0.25) is 0 Å². The molecule has 2 heterocycles. The zero-order valence-corrected chi connectivity index (χ0v) is 15.6. The summed E-state index contributed by atoms with van der Waals surface area (Å²) in [4.78, 5) is 29.7. The van der Waals surface area contributed by atoms with Gasteiger partial charge in [-0.2, -0.15) is 0 Å². The fourth-order valence-electron chi connectivity index (χ4n) is 3.32. The van der Waals surface area contributed by atoms with Crippen molar-refractivity contribution in [3.8, 4) is 0 Å². The summed E-state index contributed by atoms with van der Waals surface area (Å²) in [7, 11) is 0. The van der Waals surface area contributed by atoms with E-state index in [1.165, 1.54) is 0 Å². The molecule has 0 fully saturated rings. The molecule has 1 aliphatic heterocycles. The Morgan fingerprint density at radius 3 is 2.73 bits per heavy atom. The number of nitrogens with one attached hydrogen (secondary N) is 1. The molecule has 0 bridgehead atoms. The van der Waals surface area contributed by atoms with Crippen LogP contribution in [0.5, 0.6) is 0 Å². The number of fused-ring (bicyclic) bond motifs is 2. The molecule has 6 heteroatoms. The van der Waals surface area contributed by atoms with Gasteiger partial charge in [0.05, 0.1) is 4.47 Å². The summed E-state index contributed by atoms with van der Waals surface area (Å²) in [6.45, 7) is 0.360. The Morgan fingerprint density at radius 1 is 1.12 bits per heavy atom. The molecule has 0 saturated carbocycles. The lowest BCUT2D eigenvalue weighted by atomic mass is 10.0. The molecule has 5 nitrogen and oxygen atoms in total. The van der Waals surface area contributed by atoms with Gasteiger partial charge >= 0.3 is 5.97 Å². The highest BCUT2D eigenvalue weighted by Crippen LogP contribution is 2.29. The second-order valence-corrected chi connectivity index (χ2v) is 7.01. The number of aromatic amines is 1. The summed E-state index contributed by atoms with van der Waals surface area (Å²) < 4.78 is 5.92. The van der Waals surface area contributed by atoms with Gasteiger partial charge in [-0.15, -0.1) is 0 Å². The van der Waals surface area contributed by atoms with Crippen molar-refractivity contribution in [2.24, 2.45) is 0 Å². The molecule has 2 aromatic carbocycles. The van der Waals surface area contributed by atoms with Crippen molar-refractivity contribution >= 4 is 44.4 Å². The third-order valence-corrected chi connectivity index (χ3v) is 5.41. The van der Waals surface area contributed by atoms with E-state index in [1.54, 1.807) is 4.90 Å². The zero-order chi connectivity index (χ0) is 18.1. The van der Waals surface area contributed by atoms with E-state index in [2.05, 4.69) is 20.9 Å². The number of anilines is 1. The number of hydrogen-bond donors (Lipinski definition) is 1. The molecular formula is C20H17BrN2O3. The third kappa shape index (κ3) is 3.01. The van der Waals surface area contributed by atoms with E-state index in [-0.39, 0.29) is 12.5 Å². The van der Waals surface area contributed by atoms with E-state index in [1.807, 2.05) is 48.5 Å². The highest BCUT2D eigenvalue weighted by Gasteiger charge is 2.24. The summed E-state index contributed by atoms with van der Waals surface area (Å²) in [5.41, 5.74) is 3.21. The summed E-state index contributed by atoms with van der Waals surface area (Å²) in [5.74, 6) is -0.760. The van der Waals surface area contributed by atoms with Crippen LogP contribution in [0.4, 0.5) is 5.69 Å². The Hall–Kier alpha value is -2.60. The first-order valence-corrected chi connectivity index (χ1v) is 9.26. The average molecular weight is 413 g/mol. The van der Waals surface area contributed by atoms with Crippen LogP contribution in [-0.2, 0) is 16.0 Å². The molecule has 1 N–H and O–H groups in total. The van der Waals surface area contributed by atoms with Crippen molar-refractivity contribution in [1.29, 1.82) is 0 Å². The number of aromatic nitrogens is 1. The quantitative estimate of drug-likeness (QED) is 0.659. The standard InChI is InChI=1S/C20H17BrN2O3/c21-18-14-8-2-3-9-15(14)22-19(18)20(25)26-12-17(24)23-11-5-7-13-6-1-4-10-16(13)23/h1-4,6,8-10,22H,5,7,11-12H2. The van der Waals surface area contributed by atoms with E-state index in [0.717, 1.165) is 35.0 Å². The molecule has 1 amide bonds. The Bertz CT molecular complexity index is 996. The molecule has 4 rings (SSSR count). The lowest BCUT2D eigenvalue weighted by Crippen LogP contribution is -2.38. The minimum absolute atomic E-state index is 0.210. The highest BCUT2D eigenvalue weighted by molar-refractivity contribution is 9.10. The minimum atomic E-state index is -0.549. The monoisotopic (exact) mass is 412 g/mol. The second kappa shape index (κ2) is 6.96. The lowest BCUT2D eigenvalue weighted by molar-refractivity contribution is -0.121. The van der Waals surface area contributed by atoms with Crippen LogP contribution >= 0.6 is 15.9 Å². The number of aryl methyl sites for hydroxylation is 1. The first-order chi connectivity index (χ1) is 12.6. The number of H-pyrrole nitrogens is 1. The van der Waals surface area contributed by atoms with Gasteiger partial charge in [0.25, 0.3) is 5.91 Å². The molecule has 26 heavy (non-hydrogen) atoms. The van der Waals surface area contributed by atoms with E-state index in [0.29, 0.717) is 16.7 Å². The SMILES string of the molecule is O=C(OCC(=O)N1CCCc2ccccc21)c1[nH]c2ccccc2c1Br. The van der Waals surface area contributed by atoms with Gasteiger partial charge in [-0.05, 0) is 46.5 Å². The normalized spacial score (nSPS) is 13.5. The first kappa shape index (κ1) is 16.8. The van der Waals surface area contributed by atoms with Crippen molar-refractivity contribution in [3.05, 3.63) is 64.3 Å². The van der Waals surface area contributed by atoms with Gasteiger partial charge in [-0.25, -0.2) is 4.79 Å².